The third kappa shape index (κ3) is 4.83. The highest BCUT2D eigenvalue weighted by Crippen LogP contribution is 2.20. The van der Waals surface area contributed by atoms with E-state index in [2.05, 4.69) is 35.3 Å². The molecule has 2 aromatic rings. The highest BCUT2D eigenvalue weighted by atomic mass is 19.5. The van der Waals surface area contributed by atoms with E-state index < -0.39 is 7.25 Å². The molecule has 0 aromatic heterocycles. The number of para-hydroxylation sites is 1. The van der Waals surface area contributed by atoms with Gasteiger partial charge in [-0.3, -0.25) is 0 Å². The van der Waals surface area contributed by atoms with Crippen LogP contribution in [-0.4, -0.2) is 7.25 Å². The van der Waals surface area contributed by atoms with Gasteiger partial charge in [-0.25, -0.2) is 4.99 Å². The van der Waals surface area contributed by atoms with Crippen LogP contribution in [0.2, 0.25) is 0 Å². The van der Waals surface area contributed by atoms with Crippen LogP contribution < -0.4 is 10.3 Å². The average molecular weight is 285 g/mol. The van der Waals surface area contributed by atoms with Gasteiger partial charge in [0, 0.05) is 23.3 Å². The van der Waals surface area contributed by atoms with Gasteiger partial charge in [-0.05, 0) is 25.7 Å². The van der Waals surface area contributed by atoms with E-state index in [1.54, 1.807) is 11.1 Å². The molecule has 0 atom stereocenters. The molecule has 0 aliphatic heterocycles. The molecule has 0 unspecified atom stereocenters. The largest absolute Gasteiger partial charge is 0.673 e. The first-order valence-corrected chi connectivity index (χ1v) is 6.74. The summed E-state index contributed by atoms with van der Waals surface area (Å²) in [4.78, 5) is 3.53. The zero-order valence-corrected chi connectivity index (χ0v) is 11.0. The Hall–Kier alpha value is -1.59. The number of halogens is 4. The highest BCUT2D eigenvalue weighted by Gasteiger charge is 2.26. The second kappa shape index (κ2) is 6.24. The van der Waals surface area contributed by atoms with Crippen molar-refractivity contribution in [1.29, 1.82) is 0 Å². The molecule has 0 spiro atoms. The molecular weight excluding hydrogens is 269 g/mol. The van der Waals surface area contributed by atoms with Gasteiger partial charge in [-0.1, -0.05) is 24.6 Å². The molecule has 108 valence electrons. The molecule has 0 saturated heterocycles. The third-order valence-electron chi connectivity index (χ3n) is 3.30. The van der Waals surface area contributed by atoms with Crippen LogP contribution >= 0.6 is 0 Å². The number of nitrogens with one attached hydrogen (secondary N) is 1. The van der Waals surface area contributed by atoms with Crippen molar-refractivity contribution in [3.8, 4) is 0 Å². The Morgan fingerprint density at radius 2 is 1.30 bits per heavy atom. The molecule has 2 aromatic carbocycles. The second-order valence-electron chi connectivity index (χ2n) is 4.88. The number of rotatable bonds is 1. The summed E-state index contributed by atoms with van der Waals surface area (Å²) < 4.78 is 39.0. The molecule has 0 saturated carbocycles. The first-order chi connectivity index (χ1) is 9.45. The van der Waals surface area contributed by atoms with E-state index in [1.807, 2.05) is 0 Å². The predicted molar refractivity (Wildman–Crippen MR) is 70.5 cm³/mol. The van der Waals surface area contributed by atoms with Gasteiger partial charge in [-0.15, -0.1) is 0 Å². The highest BCUT2D eigenvalue weighted by molar-refractivity contribution is 6.50. The van der Waals surface area contributed by atoms with Gasteiger partial charge in [0.1, 0.15) is 0 Å². The number of benzene rings is 1. The van der Waals surface area contributed by atoms with Gasteiger partial charge in [0.05, 0.1) is 0 Å². The fourth-order valence-electron chi connectivity index (χ4n) is 2.42. The van der Waals surface area contributed by atoms with Crippen molar-refractivity contribution in [3.05, 3.63) is 46.8 Å². The quantitative estimate of drug-likeness (QED) is 0.470. The predicted octanol–water partition coefficient (Wildman–Crippen LogP) is 2.44. The Kier molecular flexibility index (Phi) is 4.63. The Bertz CT molecular complexity index is 540. The molecule has 1 nitrogen and oxygen atoms in total. The van der Waals surface area contributed by atoms with Gasteiger partial charge in [-0.2, -0.15) is 0 Å². The van der Waals surface area contributed by atoms with E-state index in [9.17, 15) is 17.3 Å². The summed E-state index contributed by atoms with van der Waals surface area (Å²) in [5, 5.41) is 1.45. The van der Waals surface area contributed by atoms with E-state index in [0.717, 1.165) is 0 Å². The van der Waals surface area contributed by atoms with E-state index in [4.69, 9.17) is 0 Å². The van der Waals surface area contributed by atoms with Gasteiger partial charge in [0.25, 0.3) is 0 Å². The second-order valence-corrected chi connectivity index (χ2v) is 4.88. The SMILES string of the molecule is F[B-](F)(F)F.c1ccc([NH+]=c2c3c2CCCCC3)cc1. The fourth-order valence-corrected chi connectivity index (χ4v) is 2.42. The lowest BCUT2D eigenvalue weighted by atomic mass is 10.2. The van der Waals surface area contributed by atoms with Crippen LogP contribution in [0.4, 0.5) is 23.0 Å². The maximum atomic E-state index is 9.75. The van der Waals surface area contributed by atoms with Crippen LogP contribution in [0.25, 0.3) is 0 Å². The average Bonchev–Trinajstić information content (AvgIpc) is 3.05. The molecule has 1 aliphatic rings. The summed E-state index contributed by atoms with van der Waals surface area (Å²) in [6.45, 7) is 0. The number of hydrogen-bond acceptors (Lipinski definition) is 0. The van der Waals surface area contributed by atoms with Crippen molar-refractivity contribution in [2.75, 3.05) is 0 Å². The molecule has 0 fully saturated rings. The monoisotopic (exact) mass is 285 g/mol. The normalized spacial score (nSPS) is 15.0. The van der Waals surface area contributed by atoms with E-state index in [-0.39, 0.29) is 0 Å². The first kappa shape index (κ1) is 14.8. The van der Waals surface area contributed by atoms with Crippen LogP contribution in [-0.2, 0) is 12.8 Å². The maximum absolute atomic E-state index is 9.75. The lowest BCUT2D eigenvalue weighted by Crippen LogP contribution is -2.68. The summed E-state index contributed by atoms with van der Waals surface area (Å²) in [6.07, 6.45) is 6.75. The number of fused-ring (bicyclic) bond motifs is 1. The van der Waals surface area contributed by atoms with Crippen LogP contribution in [0, 0.1) is 0 Å². The first-order valence-electron chi connectivity index (χ1n) is 6.74. The zero-order valence-electron chi connectivity index (χ0n) is 11.0. The molecule has 1 aliphatic carbocycles. The van der Waals surface area contributed by atoms with Crippen molar-refractivity contribution in [2.45, 2.75) is 32.1 Å². The molecule has 0 amide bonds. The van der Waals surface area contributed by atoms with Crippen molar-refractivity contribution in [1.82, 2.24) is 0 Å². The lowest BCUT2D eigenvalue weighted by Gasteiger charge is -1.94. The molecular formula is C14H16BF4N. The molecule has 6 heteroatoms. The van der Waals surface area contributed by atoms with Crippen molar-refractivity contribution < 1.29 is 22.3 Å². The summed E-state index contributed by atoms with van der Waals surface area (Å²) in [5.74, 6) is 0. The summed E-state index contributed by atoms with van der Waals surface area (Å²) >= 11 is 0. The molecule has 0 bridgehead atoms. The molecule has 3 rings (SSSR count). The Labute approximate surface area is 115 Å². The van der Waals surface area contributed by atoms with Gasteiger partial charge in [0.2, 0.25) is 11.0 Å². The van der Waals surface area contributed by atoms with Crippen molar-refractivity contribution in [3.63, 3.8) is 0 Å². The van der Waals surface area contributed by atoms with E-state index >= 15 is 0 Å². The Morgan fingerprint density at radius 1 is 0.800 bits per heavy atom. The molecule has 1 N–H and O–H groups in total. The minimum atomic E-state index is -6.00. The minimum absolute atomic E-state index is 1.22. The van der Waals surface area contributed by atoms with E-state index in [0.29, 0.717) is 0 Å². The fraction of sp³-hybridized carbons (Fsp3) is 0.357. The Morgan fingerprint density at radius 3 is 1.80 bits per heavy atom. The van der Waals surface area contributed by atoms with Gasteiger partial charge < -0.3 is 17.3 Å². The van der Waals surface area contributed by atoms with Crippen LogP contribution in [0.15, 0.2) is 30.3 Å². The lowest BCUT2D eigenvalue weighted by molar-refractivity contribution is -0.399. The minimum Gasteiger partial charge on any atom is -0.418 e. The zero-order chi connectivity index (χ0) is 14.6. The summed E-state index contributed by atoms with van der Waals surface area (Å²) in [6, 6.07) is 10.5. The number of hydrogen-bond donors (Lipinski definition) is 1. The van der Waals surface area contributed by atoms with Crippen molar-refractivity contribution in [2.24, 2.45) is 0 Å². The summed E-state index contributed by atoms with van der Waals surface area (Å²) in [7, 11) is -6.00. The van der Waals surface area contributed by atoms with Crippen LogP contribution in [0.1, 0.15) is 30.4 Å². The Balaban J connectivity index is 0.000000257. The smallest absolute Gasteiger partial charge is 0.418 e. The standard InChI is InChI=1S/C14H15N.BF4/c1-3-7-11(8-4-1)15-14-12-9-5-2-6-10-13(12)14;2-1(3,4)5/h1,3-4,7-8H,2,5-6,9-10H2;/q;-1/p+1. The van der Waals surface area contributed by atoms with Gasteiger partial charge in [0.15, 0.2) is 0 Å². The maximum Gasteiger partial charge on any atom is 0.673 e. The van der Waals surface area contributed by atoms with Gasteiger partial charge >= 0.3 is 7.25 Å². The van der Waals surface area contributed by atoms with Crippen molar-refractivity contribution >= 4 is 12.9 Å². The van der Waals surface area contributed by atoms with Crippen LogP contribution in [0.3, 0.4) is 0 Å². The molecule has 20 heavy (non-hydrogen) atoms. The van der Waals surface area contributed by atoms with Crippen LogP contribution in [0.5, 0.6) is 0 Å². The summed E-state index contributed by atoms with van der Waals surface area (Å²) in [5.41, 5.74) is 4.47. The third-order valence-corrected chi connectivity index (χ3v) is 3.30. The molecule has 0 radical (unpaired) electrons. The van der Waals surface area contributed by atoms with E-state index in [1.165, 1.54) is 43.1 Å². The topological polar surface area (TPSA) is 14.0 Å². The molecule has 0 heterocycles.